The highest BCUT2D eigenvalue weighted by molar-refractivity contribution is 4.92. The Morgan fingerprint density at radius 3 is 2.72 bits per heavy atom. The first kappa shape index (κ1) is 14.3. The molecule has 1 aliphatic carbocycles. The number of nitrogens with one attached hydrogen (secondary N) is 1. The van der Waals surface area contributed by atoms with Crippen LogP contribution in [0.4, 0.5) is 0 Å². The molecule has 1 aliphatic heterocycles. The van der Waals surface area contributed by atoms with Gasteiger partial charge in [-0.3, -0.25) is 0 Å². The predicted molar refractivity (Wildman–Crippen MR) is 72.7 cm³/mol. The number of morpholine rings is 1. The fourth-order valence-corrected chi connectivity index (χ4v) is 3.03. The van der Waals surface area contributed by atoms with Crippen molar-refractivity contribution in [3.05, 3.63) is 0 Å². The second kappa shape index (κ2) is 6.33. The molecular formula is C14H28N2O2. The van der Waals surface area contributed by atoms with Crippen LogP contribution >= 0.6 is 0 Å². The van der Waals surface area contributed by atoms with Gasteiger partial charge in [0.25, 0.3) is 0 Å². The lowest BCUT2D eigenvalue weighted by Crippen LogP contribution is -2.55. The summed E-state index contributed by atoms with van der Waals surface area (Å²) in [5, 5.41) is 13.3. The Morgan fingerprint density at radius 1 is 1.39 bits per heavy atom. The maximum absolute atomic E-state index is 9.70. The van der Waals surface area contributed by atoms with Crippen molar-refractivity contribution < 1.29 is 9.84 Å². The number of aliphatic hydroxyl groups excluding tert-OH is 1. The molecule has 0 spiro atoms. The molecule has 4 heteroatoms. The zero-order valence-electron chi connectivity index (χ0n) is 11.8. The Hall–Kier alpha value is -0.160. The van der Waals surface area contributed by atoms with Crippen LogP contribution in [0.15, 0.2) is 0 Å². The molecule has 106 valence electrons. The van der Waals surface area contributed by atoms with Gasteiger partial charge in [0.05, 0.1) is 19.3 Å². The molecule has 0 bridgehead atoms. The number of aliphatic hydroxyl groups is 1. The third-order valence-corrected chi connectivity index (χ3v) is 4.58. The highest BCUT2D eigenvalue weighted by atomic mass is 16.5. The molecule has 0 aromatic carbocycles. The first-order valence-electron chi connectivity index (χ1n) is 7.29. The predicted octanol–water partition coefficient (Wildman–Crippen LogP) is 0.848. The van der Waals surface area contributed by atoms with E-state index in [0.717, 1.165) is 45.0 Å². The minimum Gasteiger partial charge on any atom is -0.394 e. The van der Waals surface area contributed by atoms with Crippen molar-refractivity contribution in [2.24, 2.45) is 5.92 Å². The van der Waals surface area contributed by atoms with Crippen LogP contribution < -0.4 is 5.32 Å². The van der Waals surface area contributed by atoms with Crippen LogP contribution in [0.25, 0.3) is 0 Å². The molecule has 2 fully saturated rings. The largest absolute Gasteiger partial charge is 0.394 e. The van der Waals surface area contributed by atoms with Gasteiger partial charge in [0.2, 0.25) is 0 Å². The fraction of sp³-hybridized carbons (Fsp3) is 1.00. The van der Waals surface area contributed by atoms with Crippen LogP contribution in [0.3, 0.4) is 0 Å². The minimum atomic E-state index is -0.0497. The number of likely N-dealkylation sites (N-methyl/N-ethyl adjacent to an activating group) is 1. The summed E-state index contributed by atoms with van der Waals surface area (Å²) >= 11 is 0. The summed E-state index contributed by atoms with van der Waals surface area (Å²) in [6.07, 6.45) is 4.89. The first-order valence-corrected chi connectivity index (χ1v) is 7.29. The molecule has 1 saturated carbocycles. The van der Waals surface area contributed by atoms with Gasteiger partial charge in [-0.05, 0) is 38.6 Å². The van der Waals surface area contributed by atoms with Crippen molar-refractivity contribution in [3.8, 4) is 0 Å². The Kier molecular flexibility index (Phi) is 5.01. The number of rotatable bonds is 4. The zero-order chi connectivity index (χ0) is 13.0. The van der Waals surface area contributed by atoms with Crippen molar-refractivity contribution in [1.82, 2.24) is 10.2 Å². The van der Waals surface area contributed by atoms with Crippen LogP contribution in [0.5, 0.6) is 0 Å². The van der Waals surface area contributed by atoms with Crippen LogP contribution in [0, 0.1) is 5.92 Å². The SMILES string of the molecule is CC1CCC(CO)(NCC2CN(C)CCO2)CC1. The fourth-order valence-electron chi connectivity index (χ4n) is 3.03. The highest BCUT2D eigenvalue weighted by Crippen LogP contribution is 2.31. The van der Waals surface area contributed by atoms with E-state index in [1.165, 1.54) is 12.8 Å². The van der Waals surface area contributed by atoms with Crippen molar-refractivity contribution >= 4 is 0 Å². The van der Waals surface area contributed by atoms with Crippen LogP contribution in [-0.2, 0) is 4.74 Å². The molecule has 2 aliphatic rings. The van der Waals surface area contributed by atoms with Gasteiger partial charge in [0.1, 0.15) is 0 Å². The van der Waals surface area contributed by atoms with Crippen LogP contribution in [0.1, 0.15) is 32.6 Å². The van der Waals surface area contributed by atoms with Crippen molar-refractivity contribution in [1.29, 1.82) is 0 Å². The molecule has 18 heavy (non-hydrogen) atoms. The van der Waals surface area contributed by atoms with Gasteiger partial charge in [-0.2, -0.15) is 0 Å². The Morgan fingerprint density at radius 2 is 2.11 bits per heavy atom. The van der Waals surface area contributed by atoms with Gasteiger partial charge in [-0.15, -0.1) is 0 Å². The molecule has 0 aromatic rings. The molecule has 4 nitrogen and oxygen atoms in total. The van der Waals surface area contributed by atoms with Crippen molar-refractivity contribution in [3.63, 3.8) is 0 Å². The summed E-state index contributed by atoms with van der Waals surface area (Å²) in [5.74, 6) is 0.809. The maximum Gasteiger partial charge on any atom is 0.0826 e. The lowest BCUT2D eigenvalue weighted by atomic mass is 9.77. The molecule has 2 N–H and O–H groups in total. The van der Waals surface area contributed by atoms with Gasteiger partial charge >= 0.3 is 0 Å². The van der Waals surface area contributed by atoms with Crippen LogP contribution in [-0.4, -0.2) is 61.5 Å². The summed E-state index contributed by atoms with van der Waals surface area (Å²) in [6.45, 7) is 6.26. The van der Waals surface area contributed by atoms with E-state index in [2.05, 4.69) is 24.2 Å². The Labute approximate surface area is 111 Å². The van der Waals surface area contributed by atoms with E-state index in [4.69, 9.17) is 4.74 Å². The van der Waals surface area contributed by atoms with Gasteiger partial charge in [-0.1, -0.05) is 6.92 Å². The Balaban J connectivity index is 1.79. The quantitative estimate of drug-likeness (QED) is 0.783. The van der Waals surface area contributed by atoms with E-state index >= 15 is 0 Å². The normalized spacial score (nSPS) is 38.8. The third-order valence-electron chi connectivity index (χ3n) is 4.58. The van der Waals surface area contributed by atoms with E-state index < -0.39 is 0 Å². The average molecular weight is 256 g/mol. The number of hydrogen-bond donors (Lipinski definition) is 2. The molecule has 1 saturated heterocycles. The lowest BCUT2D eigenvalue weighted by Gasteiger charge is -2.40. The minimum absolute atomic E-state index is 0.0497. The molecule has 0 amide bonds. The van der Waals surface area contributed by atoms with E-state index in [1.54, 1.807) is 0 Å². The molecule has 0 radical (unpaired) electrons. The molecule has 1 heterocycles. The smallest absolute Gasteiger partial charge is 0.0826 e. The Bertz CT molecular complexity index is 252. The molecule has 1 unspecified atom stereocenters. The van der Waals surface area contributed by atoms with Crippen molar-refractivity contribution in [2.75, 3.05) is 39.9 Å². The van der Waals surface area contributed by atoms with E-state index in [-0.39, 0.29) is 18.2 Å². The second-order valence-corrected chi connectivity index (χ2v) is 6.26. The number of nitrogens with zero attached hydrogens (tertiary/aromatic N) is 1. The molecule has 1 atom stereocenters. The van der Waals surface area contributed by atoms with E-state index in [0.29, 0.717) is 0 Å². The lowest BCUT2D eigenvalue weighted by molar-refractivity contribution is -0.0261. The maximum atomic E-state index is 9.70. The van der Waals surface area contributed by atoms with E-state index in [9.17, 15) is 5.11 Å². The molecule has 0 aromatic heterocycles. The summed E-state index contributed by atoms with van der Waals surface area (Å²) in [5.41, 5.74) is -0.0497. The van der Waals surface area contributed by atoms with Crippen LogP contribution in [0.2, 0.25) is 0 Å². The number of hydrogen-bond acceptors (Lipinski definition) is 4. The summed E-state index contributed by atoms with van der Waals surface area (Å²) in [6, 6.07) is 0. The first-order chi connectivity index (χ1) is 8.63. The molecular weight excluding hydrogens is 228 g/mol. The monoisotopic (exact) mass is 256 g/mol. The molecule has 2 rings (SSSR count). The third kappa shape index (κ3) is 3.67. The van der Waals surface area contributed by atoms with Gasteiger partial charge in [0, 0.05) is 25.2 Å². The summed E-state index contributed by atoms with van der Waals surface area (Å²) < 4.78 is 5.76. The average Bonchev–Trinajstić information content (AvgIpc) is 2.39. The van der Waals surface area contributed by atoms with Gasteiger partial charge in [-0.25, -0.2) is 0 Å². The van der Waals surface area contributed by atoms with Gasteiger partial charge in [0.15, 0.2) is 0 Å². The number of ether oxygens (including phenoxy) is 1. The topological polar surface area (TPSA) is 44.7 Å². The van der Waals surface area contributed by atoms with E-state index in [1.807, 2.05) is 0 Å². The zero-order valence-corrected chi connectivity index (χ0v) is 11.8. The van der Waals surface area contributed by atoms with Gasteiger partial charge < -0.3 is 20.1 Å². The second-order valence-electron chi connectivity index (χ2n) is 6.26. The summed E-state index contributed by atoms with van der Waals surface area (Å²) in [4.78, 5) is 2.31. The highest BCUT2D eigenvalue weighted by Gasteiger charge is 2.34. The summed E-state index contributed by atoms with van der Waals surface area (Å²) in [7, 11) is 2.14. The standard InChI is InChI=1S/C14H28N2O2/c1-12-3-5-14(11-17,6-4-12)15-9-13-10-16(2)7-8-18-13/h12-13,15,17H,3-11H2,1-2H3. The van der Waals surface area contributed by atoms with Crippen molar-refractivity contribution in [2.45, 2.75) is 44.2 Å².